The molecule has 4 rings (SSSR count). The minimum absolute atomic E-state index is 0.0874. The number of hydrogen-bond donors (Lipinski definition) is 1. The Morgan fingerprint density at radius 2 is 1.56 bits per heavy atom. The van der Waals surface area contributed by atoms with Gasteiger partial charge in [0, 0.05) is 21.5 Å². The molecule has 4 amide bonds. The molecule has 1 aliphatic heterocycles. The largest absolute Gasteiger partial charge is 0.335 e. The number of amides is 4. The molecule has 2 heterocycles. The number of aromatic nitrogens is 1. The topological polar surface area (TPSA) is 71.4 Å². The predicted octanol–water partition coefficient (Wildman–Crippen LogP) is 5.95. The van der Waals surface area contributed by atoms with Crippen molar-refractivity contribution in [3.8, 4) is 5.69 Å². The van der Waals surface area contributed by atoms with Crippen molar-refractivity contribution < 1.29 is 14.4 Å². The summed E-state index contributed by atoms with van der Waals surface area (Å²) in [6, 6.07) is 14.7. The van der Waals surface area contributed by atoms with E-state index >= 15 is 0 Å². The normalized spacial score (nSPS) is 15.4. The molecule has 1 fully saturated rings. The number of hydrogen-bond acceptors (Lipinski definition) is 3. The van der Waals surface area contributed by atoms with Crippen LogP contribution in [0, 0.1) is 20.8 Å². The monoisotopic (exact) mass is 519 g/mol. The standard InChI is InChI=1S/C27H26BrN3O3/c1-15(2)19-6-8-21(9-7-19)30-17(4)13-20(18(30)5)14-23-25(32)29-27(34)31(26(23)33)22-10-11-24(28)16(3)12-22/h6-15H,1-5H3,(H,29,32,34)/b23-14+. The van der Waals surface area contributed by atoms with E-state index in [1.807, 2.05) is 26.8 Å². The third-order valence-electron chi connectivity index (χ3n) is 6.09. The van der Waals surface area contributed by atoms with Crippen LogP contribution in [0.25, 0.3) is 11.8 Å². The number of urea groups is 1. The van der Waals surface area contributed by atoms with Crippen molar-refractivity contribution in [1.29, 1.82) is 0 Å². The second kappa shape index (κ2) is 9.06. The van der Waals surface area contributed by atoms with Crippen LogP contribution in [0.5, 0.6) is 0 Å². The second-order valence-electron chi connectivity index (χ2n) is 8.80. The van der Waals surface area contributed by atoms with E-state index in [1.54, 1.807) is 24.3 Å². The van der Waals surface area contributed by atoms with Crippen LogP contribution < -0.4 is 10.2 Å². The van der Waals surface area contributed by atoms with Crippen LogP contribution in [-0.2, 0) is 9.59 Å². The van der Waals surface area contributed by atoms with Crippen molar-refractivity contribution in [2.75, 3.05) is 4.90 Å². The number of rotatable bonds is 4. The summed E-state index contributed by atoms with van der Waals surface area (Å²) in [7, 11) is 0. The first-order valence-corrected chi connectivity index (χ1v) is 11.8. The van der Waals surface area contributed by atoms with Crippen molar-refractivity contribution >= 4 is 45.5 Å². The predicted molar refractivity (Wildman–Crippen MR) is 137 cm³/mol. The molecule has 0 aliphatic carbocycles. The van der Waals surface area contributed by atoms with Gasteiger partial charge >= 0.3 is 6.03 Å². The SMILES string of the molecule is Cc1cc(N2C(=O)NC(=O)/C(=C\c3cc(C)n(-c4ccc(C(C)C)cc4)c3C)C2=O)ccc1Br. The fourth-order valence-corrected chi connectivity index (χ4v) is 4.40. The van der Waals surface area contributed by atoms with Gasteiger partial charge in [0.25, 0.3) is 11.8 Å². The van der Waals surface area contributed by atoms with Gasteiger partial charge in [-0.15, -0.1) is 0 Å². The number of benzene rings is 2. The van der Waals surface area contributed by atoms with Gasteiger partial charge in [-0.2, -0.15) is 0 Å². The Hall–Kier alpha value is -3.45. The van der Waals surface area contributed by atoms with Gasteiger partial charge in [0.15, 0.2) is 0 Å². The first-order chi connectivity index (χ1) is 16.1. The molecule has 0 atom stereocenters. The van der Waals surface area contributed by atoms with Crippen LogP contribution in [0.3, 0.4) is 0 Å². The van der Waals surface area contributed by atoms with E-state index in [-0.39, 0.29) is 5.57 Å². The van der Waals surface area contributed by atoms with Crippen molar-refractivity contribution in [1.82, 2.24) is 9.88 Å². The van der Waals surface area contributed by atoms with E-state index in [0.717, 1.165) is 37.6 Å². The highest BCUT2D eigenvalue weighted by Gasteiger charge is 2.37. The number of nitrogens with zero attached hydrogens (tertiary/aromatic N) is 2. The maximum atomic E-state index is 13.3. The van der Waals surface area contributed by atoms with E-state index in [1.165, 1.54) is 5.56 Å². The average molecular weight is 520 g/mol. The molecule has 2 aromatic carbocycles. The Balaban J connectivity index is 1.73. The first kappa shape index (κ1) is 23.7. The Kier molecular flexibility index (Phi) is 6.32. The molecule has 1 aliphatic rings. The number of carbonyl (C=O) groups is 3. The lowest BCUT2D eigenvalue weighted by Crippen LogP contribution is -2.54. The van der Waals surface area contributed by atoms with Gasteiger partial charge in [-0.1, -0.05) is 41.9 Å². The summed E-state index contributed by atoms with van der Waals surface area (Å²) < 4.78 is 2.95. The number of anilines is 1. The average Bonchev–Trinajstić information content (AvgIpc) is 3.06. The summed E-state index contributed by atoms with van der Waals surface area (Å²) in [6.07, 6.45) is 1.56. The molecule has 1 aromatic heterocycles. The van der Waals surface area contributed by atoms with Crippen LogP contribution in [0.2, 0.25) is 0 Å². The van der Waals surface area contributed by atoms with E-state index in [0.29, 0.717) is 11.6 Å². The molecule has 6 nitrogen and oxygen atoms in total. The van der Waals surface area contributed by atoms with Crippen LogP contribution in [-0.4, -0.2) is 22.4 Å². The van der Waals surface area contributed by atoms with Crippen LogP contribution >= 0.6 is 15.9 Å². The fraction of sp³-hybridized carbons (Fsp3) is 0.222. The van der Waals surface area contributed by atoms with Crippen molar-refractivity contribution in [2.24, 2.45) is 0 Å². The zero-order chi connectivity index (χ0) is 24.7. The zero-order valence-corrected chi connectivity index (χ0v) is 21.4. The Morgan fingerprint density at radius 1 is 0.912 bits per heavy atom. The first-order valence-electron chi connectivity index (χ1n) is 11.1. The minimum atomic E-state index is -0.760. The number of halogens is 1. The van der Waals surface area contributed by atoms with Gasteiger partial charge in [-0.05, 0) is 85.9 Å². The van der Waals surface area contributed by atoms with E-state index in [9.17, 15) is 14.4 Å². The Morgan fingerprint density at radius 3 is 2.18 bits per heavy atom. The number of aryl methyl sites for hydroxylation is 2. The van der Waals surface area contributed by atoms with E-state index in [2.05, 4.69) is 63.9 Å². The van der Waals surface area contributed by atoms with Gasteiger partial charge < -0.3 is 4.57 Å². The zero-order valence-electron chi connectivity index (χ0n) is 19.8. The third-order valence-corrected chi connectivity index (χ3v) is 6.98. The number of imide groups is 2. The van der Waals surface area contributed by atoms with Gasteiger partial charge in [0.1, 0.15) is 5.57 Å². The van der Waals surface area contributed by atoms with E-state index in [4.69, 9.17) is 0 Å². The van der Waals surface area contributed by atoms with Crippen molar-refractivity contribution in [3.63, 3.8) is 0 Å². The second-order valence-corrected chi connectivity index (χ2v) is 9.65. The molecule has 1 saturated heterocycles. The fourth-order valence-electron chi connectivity index (χ4n) is 4.15. The number of barbiturate groups is 1. The summed E-state index contributed by atoms with van der Waals surface area (Å²) in [5, 5.41) is 2.29. The summed E-state index contributed by atoms with van der Waals surface area (Å²) in [5.41, 5.74) is 6.05. The highest BCUT2D eigenvalue weighted by Crippen LogP contribution is 2.28. The van der Waals surface area contributed by atoms with Crippen LogP contribution in [0.15, 0.2) is 58.6 Å². The van der Waals surface area contributed by atoms with Gasteiger partial charge in [-0.3, -0.25) is 14.9 Å². The molecule has 0 unspecified atom stereocenters. The molecule has 1 N–H and O–H groups in total. The Labute approximate surface area is 207 Å². The highest BCUT2D eigenvalue weighted by atomic mass is 79.9. The maximum absolute atomic E-state index is 13.3. The van der Waals surface area contributed by atoms with Crippen molar-refractivity contribution in [3.05, 3.63) is 86.7 Å². The van der Waals surface area contributed by atoms with Crippen molar-refractivity contribution in [2.45, 2.75) is 40.5 Å². The van der Waals surface area contributed by atoms with E-state index < -0.39 is 17.8 Å². The maximum Gasteiger partial charge on any atom is 0.335 e. The van der Waals surface area contributed by atoms with Gasteiger partial charge in [0.05, 0.1) is 5.69 Å². The molecule has 0 bridgehead atoms. The lowest BCUT2D eigenvalue weighted by molar-refractivity contribution is -0.122. The summed E-state index contributed by atoms with van der Waals surface area (Å²) >= 11 is 3.42. The van der Waals surface area contributed by atoms with Crippen LogP contribution in [0.1, 0.15) is 47.8 Å². The lowest BCUT2D eigenvalue weighted by Gasteiger charge is -2.26. The summed E-state index contributed by atoms with van der Waals surface area (Å²) in [5.74, 6) is -0.912. The van der Waals surface area contributed by atoms with Gasteiger partial charge in [0.2, 0.25) is 0 Å². The van der Waals surface area contributed by atoms with Crippen LogP contribution in [0.4, 0.5) is 10.5 Å². The molecular weight excluding hydrogens is 494 g/mol. The molecule has 0 saturated carbocycles. The summed E-state index contributed by atoms with van der Waals surface area (Å²) in [6.45, 7) is 10.1. The molecule has 34 heavy (non-hydrogen) atoms. The molecular formula is C27H26BrN3O3. The molecule has 0 radical (unpaired) electrons. The molecule has 174 valence electrons. The minimum Gasteiger partial charge on any atom is -0.318 e. The van der Waals surface area contributed by atoms with Gasteiger partial charge in [-0.25, -0.2) is 9.69 Å². The third kappa shape index (κ3) is 4.23. The smallest absolute Gasteiger partial charge is 0.318 e. The molecule has 3 aromatic rings. The number of carbonyl (C=O) groups excluding carboxylic acids is 3. The quantitative estimate of drug-likeness (QED) is 0.341. The Bertz CT molecular complexity index is 1350. The summed E-state index contributed by atoms with van der Waals surface area (Å²) in [4.78, 5) is 39.4. The molecule has 0 spiro atoms. The number of nitrogens with one attached hydrogen (secondary N) is 1. The lowest BCUT2D eigenvalue weighted by atomic mass is 10.0. The highest BCUT2D eigenvalue weighted by molar-refractivity contribution is 9.10. The molecule has 7 heteroatoms.